The maximum atomic E-state index is 5.48. The van der Waals surface area contributed by atoms with E-state index in [0.29, 0.717) is 0 Å². The highest BCUT2D eigenvalue weighted by Crippen LogP contribution is 2.16. The summed E-state index contributed by atoms with van der Waals surface area (Å²) in [4.78, 5) is 4.49. The SMILES string of the molecule is CCCCc1ccc(N=Cc2cc(C)oc2C)cc1. The predicted molar refractivity (Wildman–Crippen MR) is 80.5 cm³/mol. The molecule has 0 atom stereocenters. The Kier molecular flexibility index (Phi) is 4.56. The zero-order valence-corrected chi connectivity index (χ0v) is 11.9. The molecular formula is C17H21NO. The van der Waals surface area contributed by atoms with Gasteiger partial charge in [-0.25, -0.2) is 0 Å². The summed E-state index contributed by atoms with van der Waals surface area (Å²) in [5.41, 5.74) is 3.42. The molecule has 19 heavy (non-hydrogen) atoms. The Balaban J connectivity index is 2.05. The molecule has 1 aromatic carbocycles. The summed E-state index contributed by atoms with van der Waals surface area (Å²) >= 11 is 0. The summed E-state index contributed by atoms with van der Waals surface area (Å²) in [6.07, 6.45) is 5.50. The molecule has 0 spiro atoms. The van der Waals surface area contributed by atoms with Crippen molar-refractivity contribution >= 4 is 11.9 Å². The Bertz CT molecular complexity index is 549. The molecule has 1 aromatic heterocycles. The monoisotopic (exact) mass is 255 g/mol. The lowest BCUT2D eigenvalue weighted by Gasteiger charge is -2.00. The minimum atomic E-state index is 0.917. The summed E-state index contributed by atoms with van der Waals surface area (Å²) in [5, 5.41) is 0. The molecule has 0 aliphatic carbocycles. The third-order valence-corrected chi connectivity index (χ3v) is 3.19. The number of aryl methyl sites for hydroxylation is 3. The number of unbranched alkanes of at least 4 members (excludes halogenated alkanes) is 1. The molecule has 0 aliphatic heterocycles. The lowest BCUT2D eigenvalue weighted by atomic mass is 10.1. The third-order valence-electron chi connectivity index (χ3n) is 3.19. The smallest absolute Gasteiger partial charge is 0.109 e. The highest BCUT2D eigenvalue weighted by Gasteiger charge is 2.01. The Morgan fingerprint density at radius 3 is 2.47 bits per heavy atom. The fraction of sp³-hybridized carbons (Fsp3) is 0.353. The molecule has 1 heterocycles. The van der Waals surface area contributed by atoms with E-state index in [1.165, 1.54) is 18.4 Å². The maximum absolute atomic E-state index is 5.48. The van der Waals surface area contributed by atoms with Crippen molar-refractivity contribution in [1.29, 1.82) is 0 Å². The standard InChI is InChI=1S/C17H21NO/c1-4-5-6-15-7-9-17(10-8-15)18-12-16-11-13(2)19-14(16)3/h7-12H,4-6H2,1-3H3. The minimum Gasteiger partial charge on any atom is -0.466 e. The number of hydrogen-bond acceptors (Lipinski definition) is 2. The molecule has 0 bridgehead atoms. The molecule has 0 unspecified atom stereocenters. The van der Waals surface area contributed by atoms with Gasteiger partial charge in [0.1, 0.15) is 11.5 Å². The van der Waals surface area contributed by atoms with Gasteiger partial charge in [0.05, 0.1) is 5.69 Å². The first-order valence-electron chi connectivity index (χ1n) is 6.89. The van der Waals surface area contributed by atoms with E-state index in [1.807, 2.05) is 26.1 Å². The van der Waals surface area contributed by atoms with E-state index in [-0.39, 0.29) is 0 Å². The van der Waals surface area contributed by atoms with Gasteiger partial charge in [-0.2, -0.15) is 0 Å². The van der Waals surface area contributed by atoms with Crippen molar-refractivity contribution in [2.45, 2.75) is 40.0 Å². The van der Waals surface area contributed by atoms with Crippen LogP contribution >= 0.6 is 0 Å². The summed E-state index contributed by atoms with van der Waals surface area (Å²) in [7, 11) is 0. The molecule has 0 saturated heterocycles. The first kappa shape index (κ1) is 13.6. The van der Waals surface area contributed by atoms with Gasteiger partial charge < -0.3 is 4.42 Å². The quantitative estimate of drug-likeness (QED) is 0.691. The number of hydrogen-bond donors (Lipinski definition) is 0. The van der Waals surface area contributed by atoms with Crippen LogP contribution in [0.1, 0.15) is 42.4 Å². The molecule has 0 radical (unpaired) electrons. The largest absolute Gasteiger partial charge is 0.466 e. The molecule has 100 valence electrons. The van der Waals surface area contributed by atoms with Crippen molar-refractivity contribution < 1.29 is 4.42 Å². The summed E-state index contributed by atoms with van der Waals surface area (Å²) in [5.74, 6) is 1.84. The molecule has 0 amide bonds. The van der Waals surface area contributed by atoms with Gasteiger partial charge in [-0.05, 0) is 50.5 Å². The molecule has 2 heteroatoms. The zero-order valence-electron chi connectivity index (χ0n) is 11.9. The Morgan fingerprint density at radius 2 is 1.89 bits per heavy atom. The van der Waals surface area contributed by atoms with E-state index in [9.17, 15) is 0 Å². The lowest BCUT2D eigenvalue weighted by Crippen LogP contribution is -1.83. The molecule has 2 rings (SSSR count). The van der Waals surface area contributed by atoms with Crippen molar-refractivity contribution in [3.63, 3.8) is 0 Å². The van der Waals surface area contributed by atoms with Gasteiger partial charge in [-0.15, -0.1) is 0 Å². The summed E-state index contributed by atoms with van der Waals surface area (Å²) in [6, 6.07) is 10.5. The van der Waals surface area contributed by atoms with E-state index in [4.69, 9.17) is 4.42 Å². The van der Waals surface area contributed by atoms with Crippen LogP contribution in [0.25, 0.3) is 0 Å². The van der Waals surface area contributed by atoms with E-state index in [2.05, 4.69) is 36.2 Å². The zero-order chi connectivity index (χ0) is 13.7. The van der Waals surface area contributed by atoms with Crippen molar-refractivity contribution in [1.82, 2.24) is 0 Å². The summed E-state index contributed by atoms with van der Waals surface area (Å²) < 4.78 is 5.48. The van der Waals surface area contributed by atoms with E-state index in [1.54, 1.807) is 0 Å². The molecule has 0 fully saturated rings. The van der Waals surface area contributed by atoms with E-state index >= 15 is 0 Å². The Morgan fingerprint density at radius 1 is 1.16 bits per heavy atom. The van der Waals surface area contributed by atoms with Crippen LogP contribution in [0.4, 0.5) is 5.69 Å². The normalized spacial score (nSPS) is 11.3. The van der Waals surface area contributed by atoms with Crippen LogP contribution in [-0.4, -0.2) is 6.21 Å². The van der Waals surface area contributed by atoms with Gasteiger partial charge >= 0.3 is 0 Å². The fourth-order valence-corrected chi connectivity index (χ4v) is 2.05. The minimum absolute atomic E-state index is 0.917. The van der Waals surface area contributed by atoms with Crippen LogP contribution in [0.2, 0.25) is 0 Å². The molecule has 2 aromatic rings. The van der Waals surface area contributed by atoms with E-state index in [0.717, 1.165) is 29.2 Å². The van der Waals surface area contributed by atoms with Gasteiger partial charge in [0.15, 0.2) is 0 Å². The fourth-order valence-electron chi connectivity index (χ4n) is 2.05. The van der Waals surface area contributed by atoms with Crippen LogP contribution in [0, 0.1) is 13.8 Å². The van der Waals surface area contributed by atoms with Crippen molar-refractivity contribution in [2.75, 3.05) is 0 Å². The number of benzene rings is 1. The molecule has 0 aliphatic rings. The van der Waals surface area contributed by atoms with Crippen molar-refractivity contribution in [3.8, 4) is 0 Å². The van der Waals surface area contributed by atoms with Gasteiger partial charge in [0.25, 0.3) is 0 Å². The first-order valence-corrected chi connectivity index (χ1v) is 6.89. The number of furan rings is 1. The highest BCUT2D eigenvalue weighted by molar-refractivity contribution is 5.83. The highest BCUT2D eigenvalue weighted by atomic mass is 16.3. The Hall–Kier alpha value is -1.83. The maximum Gasteiger partial charge on any atom is 0.109 e. The average molecular weight is 255 g/mol. The number of nitrogens with zero attached hydrogens (tertiary/aromatic N) is 1. The molecule has 0 saturated carbocycles. The van der Waals surface area contributed by atoms with Crippen molar-refractivity contribution in [3.05, 3.63) is 53.0 Å². The van der Waals surface area contributed by atoms with Crippen LogP contribution in [0.15, 0.2) is 39.7 Å². The van der Waals surface area contributed by atoms with Crippen LogP contribution in [0.3, 0.4) is 0 Å². The Labute approximate surface area is 115 Å². The second-order valence-corrected chi connectivity index (χ2v) is 4.90. The third kappa shape index (κ3) is 3.82. The van der Waals surface area contributed by atoms with Crippen LogP contribution < -0.4 is 0 Å². The molecule has 0 N–H and O–H groups in total. The van der Waals surface area contributed by atoms with E-state index < -0.39 is 0 Å². The van der Waals surface area contributed by atoms with Gasteiger partial charge in [0.2, 0.25) is 0 Å². The predicted octanol–water partition coefficient (Wildman–Crippen LogP) is 4.99. The summed E-state index contributed by atoms with van der Waals surface area (Å²) in [6.45, 7) is 6.13. The molecule has 2 nitrogen and oxygen atoms in total. The average Bonchev–Trinajstić information content (AvgIpc) is 2.73. The second-order valence-electron chi connectivity index (χ2n) is 4.90. The topological polar surface area (TPSA) is 25.5 Å². The van der Waals surface area contributed by atoms with Crippen LogP contribution in [-0.2, 0) is 6.42 Å². The van der Waals surface area contributed by atoms with Gasteiger partial charge in [0, 0.05) is 11.8 Å². The molecular weight excluding hydrogens is 234 g/mol. The van der Waals surface area contributed by atoms with Gasteiger partial charge in [-0.1, -0.05) is 25.5 Å². The lowest BCUT2D eigenvalue weighted by molar-refractivity contribution is 0.504. The van der Waals surface area contributed by atoms with Gasteiger partial charge in [-0.3, -0.25) is 4.99 Å². The first-order chi connectivity index (χ1) is 9.19. The second kappa shape index (κ2) is 6.37. The number of rotatable bonds is 5. The van der Waals surface area contributed by atoms with Crippen LogP contribution in [0.5, 0.6) is 0 Å². The van der Waals surface area contributed by atoms with Crippen molar-refractivity contribution in [2.24, 2.45) is 4.99 Å². The number of aliphatic imine (C=N–C) groups is 1.